The monoisotopic (exact) mass is 323 g/mol. The zero-order chi connectivity index (χ0) is 16.8. The van der Waals surface area contributed by atoms with E-state index in [4.69, 9.17) is 4.74 Å². The van der Waals surface area contributed by atoms with Gasteiger partial charge in [-0.05, 0) is 41.2 Å². The van der Waals surface area contributed by atoms with Gasteiger partial charge in [-0.25, -0.2) is 0 Å². The Bertz CT molecular complexity index is 828. The SMILES string of the molecule is CCC(=O)N1CCc2cc(OC)c(O)c3c2[C@@H]1Cc1ccccc1-3. The lowest BCUT2D eigenvalue weighted by Crippen LogP contribution is -2.42. The number of amides is 1. The van der Waals surface area contributed by atoms with Crippen molar-refractivity contribution in [2.24, 2.45) is 0 Å². The number of carbonyl (C=O) groups is 1. The summed E-state index contributed by atoms with van der Waals surface area (Å²) < 4.78 is 5.39. The minimum absolute atomic E-state index is 0.00269. The van der Waals surface area contributed by atoms with Crippen LogP contribution in [-0.4, -0.2) is 29.6 Å². The molecule has 1 aliphatic heterocycles. The summed E-state index contributed by atoms with van der Waals surface area (Å²) in [7, 11) is 1.58. The minimum Gasteiger partial charge on any atom is -0.504 e. The summed E-state index contributed by atoms with van der Waals surface area (Å²) in [5.74, 6) is 0.861. The normalized spacial score (nSPS) is 17.9. The van der Waals surface area contributed by atoms with Crippen LogP contribution in [0.2, 0.25) is 0 Å². The first-order valence-corrected chi connectivity index (χ1v) is 8.46. The highest BCUT2D eigenvalue weighted by molar-refractivity contribution is 5.85. The first-order valence-electron chi connectivity index (χ1n) is 8.46. The van der Waals surface area contributed by atoms with E-state index >= 15 is 0 Å². The molecule has 1 aliphatic carbocycles. The van der Waals surface area contributed by atoms with Crippen molar-refractivity contribution in [3.63, 3.8) is 0 Å². The van der Waals surface area contributed by atoms with Gasteiger partial charge in [-0.2, -0.15) is 0 Å². The fraction of sp³-hybridized carbons (Fsp3) is 0.350. The molecular weight excluding hydrogens is 302 g/mol. The maximum absolute atomic E-state index is 12.4. The molecule has 0 spiro atoms. The van der Waals surface area contributed by atoms with E-state index in [9.17, 15) is 9.90 Å². The lowest BCUT2D eigenvalue weighted by Gasteiger charge is -2.42. The summed E-state index contributed by atoms with van der Waals surface area (Å²) in [6, 6.07) is 10.1. The van der Waals surface area contributed by atoms with Crippen LogP contribution in [0.25, 0.3) is 11.1 Å². The van der Waals surface area contributed by atoms with E-state index in [2.05, 4.69) is 6.07 Å². The zero-order valence-electron chi connectivity index (χ0n) is 14.0. The van der Waals surface area contributed by atoms with Crippen LogP contribution in [0.15, 0.2) is 30.3 Å². The third kappa shape index (κ3) is 2.02. The molecule has 0 bridgehead atoms. The van der Waals surface area contributed by atoms with Crippen molar-refractivity contribution >= 4 is 5.91 Å². The van der Waals surface area contributed by atoms with Crippen molar-refractivity contribution < 1.29 is 14.6 Å². The van der Waals surface area contributed by atoms with Gasteiger partial charge in [0.15, 0.2) is 11.5 Å². The number of phenols is 1. The Labute approximate surface area is 141 Å². The van der Waals surface area contributed by atoms with Gasteiger partial charge in [0.1, 0.15) is 0 Å². The molecule has 24 heavy (non-hydrogen) atoms. The van der Waals surface area contributed by atoms with Crippen molar-refractivity contribution in [1.82, 2.24) is 4.90 Å². The Hall–Kier alpha value is -2.49. The molecule has 1 heterocycles. The fourth-order valence-electron chi connectivity index (χ4n) is 4.15. The van der Waals surface area contributed by atoms with Gasteiger partial charge in [0.25, 0.3) is 0 Å². The van der Waals surface area contributed by atoms with Crippen LogP contribution in [-0.2, 0) is 17.6 Å². The number of carbonyl (C=O) groups excluding carboxylic acids is 1. The second kappa shape index (κ2) is 5.55. The van der Waals surface area contributed by atoms with E-state index in [1.807, 2.05) is 36.1 Å². The van der Waals surface area contributed by atoms with Crippen LogP contribution in [0.5, 0.6) is 11.5 Å². The van der Waals surface area contributed by atoms with Gasteiger partial charge >= 0.3 is 0 Å². The zero-order valence-corrected chi connectivity index (χ0v) is 14.0. The molecule has 4 rings (SSSR count). The van der Waals surface area contributed by atoms with Crippen LogP contribution in [0, 0.1) is 0 Å². The van der Waals surface area contributed by atoms with Crippen molar-refractivity contribution in [2.75, 3.05) is 13.7 Å². The molecule has 4 heteroatoms. The molecule has 2 aromatic carbocycles. The molecule has 0 aromatic heterocycles. The van der Waals surface area contributed by atoms with Crippen molar-refractivity contribution in [2.45, 2.75) is 32.2 Å². The van der Waals surface area contributed by atoms with E-state index in [0.29, 0.717) is 12.2 Å². The lowest BCUT2D eigenvalue weighted by atomic mass is 9.76. The molecule has 2 aliphatic rings. The number of fused-ring (bicyclic) bond motifs is 2. The van der Waals surface area contributed by atoms with Crippen LogP contribution in [0.3, 0.4) is 0 Å². The molecular formula is C20H21NO3. The molecule has 0 saturated heterocycles. The van der Waals surface area contributed by atoms with E-state index in [0.717, 1.165) is 36.1 Å². The smallest absolute Gasteiger partial charge is 0.222 e. The van der Waals surface area contributed by atoms with Crippen molar-refractivity contribution in [3.05, 3.63) is 47.0 Å². The number of benzene rings is 2. The Morgan fingerprint density at radius 1 is 1.33 bits per heavy atom. The first-order chi connectivity index (χ1) is 11.7. The lowest BCUT2D eigenvalue weighted by molar-refractivity contribution is -0.133. The number of nitrogens with zero attached hydrogens (tertiary/aromatic N) is 1. The highest BCUT2D eigenvalue weighted by atomic mass is 16.5. The first kappa shape index (κ1) is 15.1. The molecule has 0 unspecified atom stereocenters. The Morgan fingerprint density at radius 2 is 2.12 bits per heavy atom. The predicted molar refractivity (Wildman–Crippen MR) is 92.2 cm³/mol. The largest absolute Gasteiger partial charge is 0.504 e. The van der Waals surface area contributed by atoms with E-state index < -0.39 is 0 Å². The van der Waals surface area contributed by atoms with Crippen molar-refractivity contribution in [3.8, 4) is 22.6 Å². The summed E-state index contributed by atoms with van der Waals surface area (Å²) in [6.45, 7) is 2.63. The fourth-order valence-corrected chi connectivity index (χ4v) is 4.15. The molecule has 4 nitrogen and oxygen atoms in total. The molecule has 0 saturated carbocycles. The summed E-state index contributed by atoms with van der Waals surface area (Å²) >= 11 is 0. The summed E-state index contributed by atoms with van der Waals surface area (Å²) in [4.78, 5) is 14.4. The standard InChI is InChI=1S/C20H21NO3/c1-3-17(22)21-9-8-13-11-16(24-2)20(23)19-14-7-5-4-6-12(14)10-15(21)18(13)19/h4-7,11,15,23H,3,8-10H2,1-2H3/t15-/m0/s1. The minimum atomic E-state index is 0.00269. The molecule has 0 fully saturated rings. The molecule has 1 atom stereocenters. The molecule has 124 valence electrons. The Morgan fingerprint density at radius 3 is 2.88 bits per heavy atom. The van der Waals surface area contributed by atoms with E-state index in [1.165, 1.54) is 11.1 Å². The number of hydrogen-bond acceptors (Lipinski definition) is 3. The van der Waals surface area contributed by atoms with Gasteiger partial charge in [0.2, 0.25) is 5.91 Å². The van der Waals surface area contributed by atoms with Gasteiger partial charge in [-0.3, -0.25) is 4.79 Å². The second-order valence-corrected chi connectivity index (χ2v) is 6.44. The number of aromatic hydroxyl groups is 1. The molecule has 1 N–H and O–H groups in total. The van der Waals surface area contributed by atoms with E-state index in [-0.39, 0.29) is 17.7 Å². The average molecular weight is 323 g/mol. The molecule has 0 radical (unpaired) electrons. The van der Waals surface area contributed by atoms with Crippen LogP contribution in [0.4, 0.5) is 0 Å². The third-order valence-corrected chi connectivity index (χ3v) is 5.26. The number of rotatable bonds is 2. The third-order valence-electron chi connectivity index (χ3n) is 5.26. The van der Waals surface area contributed by atoms with Gasteiger partial charge in [-0.1, -0.05) is 31.2 Å². The van der Waals surface area contributed by atoms with Gasteiger partial charge in [0, 0.05) is 18.5 Å². The average Bonchev–Trinajstić information content (AvgIpc) is 2.62. The highest BCUT2D eigenvalue weighted by Gasteiger charge is 2.38. The van der Waals surface area contributed by atoms with Gasteiger partial charge in [-0.15, -0.1) is 0 Å². The molecule has 2 aromatic rings. The maximum Gasteiger partial charge on any atom is 0.222 e. The summed E-state index contributed by atoms with van der Waals surface area (Å²) in [6.07, 6.45) is 2.10. The number of phenolic OH excluding ortho intramolecular Hbond substituents is 1. The quantitative estimate of drug-likeness (QED) is 0.921. The molecule has 1 amide bonds. The van der Waals surface area contributed by atoms with Crippen LogP contribution >= 0.6 is 0 Å². The van der Waals surface area contributed by atoms with Crippen LogP contribution < -0.4 is 4.74 Å². The second-order valence-electron chi connectivity index (χ2n) is 6.44. The van der Waals surface area contributed by atoms with Crippen LogP contribution in [0.1, 0.15) is 36.1 Å². The predicted octanol–water partition coefficient (Wildman–Crippen LogP) is 3.46. The number of methoxy groups -OCH3 is 1. The number of ether oxygens (including phenoxy) is 1. The van der Waals surface area contributed by atoms with Gasteiger partial charge < -0.3 is 14.7 Å². The number of hydrogen-bond donors (Lipinski definition) is 1. The summed E-state index contributed by atoms with van der Waals surface area (Å²) in [5.41, 5.74) is 5.33. The summed E-state index contributed by atoms with van der Waals surface area (Å²) in [5, 5.41) is 10.8. The highest BCUT2D eigenvalue weighted by Crippen LogP contribution is 2.52. The van der Waals surface area contributed by atoms with Gasteiger partial charge in [0.05, 0.1) is 13.2 Å². The topological polar surface area (TPSA) is 49.8 Å². The van der Waals surface area contributed by atoms with E-state index in [1.54, 1.807) is 7.11 Å². The maximum atomic E-state index is 12.4. The Kier molecular flexibility index (Phi) is 3.48. The van der Waals surface area contributed by atoms with Crippen molar-refractivity contribution in [1.29, 1.82) is 0 Å². The Balaban J connectivity index is 2.00.